The lowest BCUT2D eigenvalue weighted by molar-refractivity contribution is 0.586. The normalized spacial score (nSPS) is 10.8. The fraction of sp³-hybridized carbons (Fsp3) is 0.500. The van der Waals surface area contributed by atoms with Crippen LogP contribution >= 0.6 is 0 Å². The Hall–Kier alpha value is -0.820. The molecule has 0 saturated heterocycles. The largest absolute Gasteiger partial charge is 0.310 e. The molecule has 0 amide bonds. The van der Waals surface area contributed by atoms with E-state index in [1.54, 1.807) is 0 Å². The van der Waals surface area contributed by atoms with Gasteiger partial charge in [-0.05, 0) is 17.5 Å². The zero-order chi connectivity index (χ0) is 9.68. The van der Waals surface area contributed by atoms with Gasteiger partial charge in [-0.1, -0.05) is 45.0 Å². The second kappa shape index (κ2) is 5.03. The second-order valence-corrected chi connectivity index (χ2v) is 3.66. The van der Waals surface area contributed by atoms with Gasteiger partial charge < -0.3 is 5.32 Å². The topological polar surface area (TPSA) is 12.0 Å². The van der Waals surface area contributed by atoms with Gasteiger partial charge in [-0.25, -0.2) is 0 Å². The van der Waals surface area contributed by atoms with E-state index in [2.05, 4.69) is 50.4 Å². The minimum absolute atomic E-state index is 0.560. The van der Waals surface area contributed by atoms with Crippen molar-refractivity contribution >= 4 is 0 Å². The molecule has 0 fully saturated rings. The maximum atomic E-state index is 3.44. The molecule has 0 aliphatic carbocycles. The van der Waals surface area contributed by atoms with E-state index < -0.39 is 0 Å². The highest BCUT2D eigenvalue weighted by atomic mass is 14.9. The molecule has 0 saturated carbocycles. The highest BCUT2D eigenvalue weighted by molar-refractivity contribution is 5.26. The zero-order valence-electron chi connectivity index (χ0n) is 8.80. The molecule has 13 heavy (non-hydrogen) atoms. The van der Waals surface area contributed by atoms with Crippen LogP contribution in [0.3, 0.4) is 0 Å². The van der Waals surface area contributed by atoms with E-state index in [0.717, 1.165) is 13.0 Å². The van der Waals surface area contributed by atoms with Gasteiger partial charge in [0.25, 0.3) is 0 Å². The summed E-state index contributed by atoms with van der Waals surface area (Å²) >= 11 is 0. The maximum absolute atomic E-state index is 3.44. The SMILES string of the molecule is CCc1ccccc1CNC(C)C. The Bertz CT molecular complexity index is 253. The third-order valence-corrected chi connectivity index (χ3v) is 2.20. The predicted octanol–water partition coefficient (Wildman–Crippen LogP) is 2.75. The number of rotatable bonds is 4. The molecule has 72 valence electrons. The van der Waals surface area contributed by atoms with Crippen LogP contribution in [0.2, 0.25) is 0 Å². The molecule has 0 bridgehead atoms. The first-order valence-corrected chi connectivity index (χ1v) is 5.04. The van der Waals surface area contributed by atoms with Gasteiger partial charge in [0.1, 0.15) is 0 Å². The standard InChI is InChI=1S/C12H19N/c1-4-11-7-5-6-8-12(11)9-13-10(2)3/h5-8,10,13H,4,9H2,1-3H3. The molecule has 1 rings (SSSR count). The summed E-state index contributed by atoms with van der Waals surface area (Å²) in [6.45, 7) is 7.54. The molecule has 0 aliphatic rings. The van der Waals surface area contributed by atoms with Crippen LogP contribution in [0.25, 0.3) is 0 Å². The Morgan fingerprint density at radius 1 is 1.15 bits per heavy atom. The lowest BCUT2D eigenvalue weighted by Gasteiger charge is -2.11. The van der Waals surface area contributed by atoms with Crippen LogP contribution in [0.4, 0.5) is 0 Å². The molecular formula is C12H19N. The van der Waals surface area contributed by atoms with Gasteiger partial charge in [0.05, 0.1) is 0 Å². The first-order chi connectivity index (χ1) is 6.24. The Balaban J connectivity index is 2.64. The van der Waals surface area contributed by atoms with Crippen molar-refractivity contribution in [2.45, 2.75) is 39.8 Å². The minimum atomic E-state index is 0.560. The van der Waals surface area contributed by atoms with Crippen molar-refractivity contribution in [2.75, 3.05) is 0 Å². The summed E-state index contributed by atoms with van der Waals surface area (Å²) in [5.41, 5.74) is 2.88. The Morgan fingerprint density at radius 3 is 2.31 bits per heavy atom. The molecule has 0 unspecified atom stereocenters. The fourth-order valence-corrected chi connectivity index (χ4v) is 1.39. The van der Waals surface area contributed by atoms with Gasteiger partial charge in [-0.3, -0.25) is 0 Å². The molecule has 1 heteroatoms. The lowest BCUT2D eigenvalue weighted by Crippen LogP contribution is -2.22. The van der Waals surface area contributed by atoms with Crippen molar-refractivity contribution in [3.05, 3.63) is 35.4 Å². The zero-order valence-corrected chi connectivity index (χ0v) is 8.80. The molecule has 1 nitrogen and oxygen atoms in total. The summed E-state index contributed by atoms with van der Waals surface area (Å²) in [5.74, 6) is 0. The van der Waals surface area contributed by atoms with E-state index in [1.807, 2.05) is 0 Å². The van der Waals surface area contributed by atoms with Crippen molar-refractivity contribution < 1.29 is 0 Å². The van der Waals surface area contributed by atoms with Gasteiger partial charge in [0.15, 0.2) is 0 Å². The van der Waals surface area contributed by atoms with Gasteiger partial charge in [0, 0.05) is 12.6 Å². The van der Waals surface area contributed by atoms with E-state index in [1.165, 1.54) is 11.1 Å². The summed E-state index contributed by atoms with van der Waals surface area (Å²) in [7, 11) is 0. The van der Waals surface area contributed by atoms with E-state index in [0.29, 0.717) is 6.04 Å². The fourth-order valence-electron chi connectivity index (χ4n) is 1.39. The molecule has 0 aromatic heterocycles. The van der Waals surface area contributed by atoms with Gasteiger partial charge >= 0.3 is 0 Å². The number of hydrogen-bond donors (Lipinski definition) is 1. The Labute approximate surface area is 81.2 Å². The van der Waals surface area contributed by atoms with E-state index in [9.17, 15) is 0 Å². The van der Waals surface area contributed by atoms with Crippen molar-refractivity contribution in [2.24, 2.45) is 0 Å². The predicted molar refractivity (Wildman–Crippen MR) is 57.8 cm³/mol. The van der Waals surface area contributed by atoms with Crippen LogP contribution in [-0.2, 0) is 13.0 Å². The summed E-state index contributed by atoms with van der Waals surface area (Å²) in [6.07, 6.45) is 1.12. The number of hydrogen-bond acceptors (Lipinski definition) is 1. The summed E-state index contributed by atoms with van der Waals surface area (Å²) in [5, 5.41) is 3.44. The maximum Gasteiger partial charge on any atom is 0.0210 e. The summed E-state index contributed by atoms with van der Waals surface area (Å²) < 4.78 is 0. The van der Waals surface area contributed by atoms with Crippen molar-refractivity contribution in [3.63, 3.8) is 0 Å². The highest BCUT2D eigenvalue weighted by Crippen LogP contribution is 2.08. The molecule has 0 radical (unpaired) electrons. The van der Waals surface area contributed by atoms with Crippen molar-refractivity contribution in [1.82, 2.24) is 5.32 Å². The van der Waals surface area contributed by atoms with E-state index in [-0.39, 0.29) is 0 Å². The number of benzene rings is 1. The summed E-state index contributed by atoms with van der Waals surface area (Å²) in [6, 6.07) is 9.18. The quantitative estimate of drug-likeness (QED) is 0.745. The van der Waals surface area contributed by atoms with E-state index >= 15 is 0 Å². The molecule has 1 N–H and O–H groups in total. The first-order valence-electron chi connectivity index (χ1n) is 5.04. The third-order valence-electron chi connectivity index (χ3n) is 2.20. The number of nitrogens with one attached hydrogen (secondary N) is 1. The van der Waals surface area contributed by atoms with Crippen molar-refractivity contribution in [1.29, 1.82) is 0 Å². The van der Waals surface area contributed by atoms with E-state index in [4.69, 9.17) is 0 Å². The molecule has 1 aromatic carbocycles. The number of aryl methyl sites for hydroxylation is 1. The molecule has 0 spiro atoms. The van der Waals surface area contributed by atoms with Crippen LogP contribution in [0.5, 0.6) is 0 Å². The average molecular weight is 177 g/mol. The van der Waals surface area contributed by atoms with Gasteiger partial charge in [0.2, 0.25) is 0 Å². The first kappa shape index (κ1) is 10.3. The van der Waals surface area contributed by atoms with Gasteiger partial charge in [-0.2, -0.15) is 0 Å². The van der Waals surface area contributed by atoms with Gasteiger partial charge in [-0.15, -0.1) is 0 Å². The van der Waals surface area contributed by atoms with Crippen LogP contribution in [0.1, 0.15) is 31.9 Å². The molecular weight excluding hydrogens is 158 g/mol. The molecule has 0 atom stereocenters. The smallest absolute Gasteiger partial charge is 0.0210 e. The lowest BCUT2D eigenvalue weighted by atomic mass is 10.1. The molecule has 1 aromatic rings. The monoisotopic (exact) mass is 177 g/mol. The second-order valence-electron chi connectivity index (χ2n) is 3.66. The molecule has 0 aliphatic heterocycles. The third kappa shape index (κ3) is 3.19. The average Bonchev–Trinajstić information content (AvgIpc) is 2.15. The Morgan fingerprint density at radius 2 is 1.77 bits per heavy atom. The van der Waals surface area contributed by atoms with Crippen molar-refractivity contribution in [3.8, 4) is 0 Å². The summed E-state index contributed by atoms with van der Waals surface area (Å²) in [4.78, 5) is 0. The highest BCUT2D eigenvalue weighted by Gasteiger charge is 1.99. The van der Waals surface area contributed by atoms with Crippen LogP contribution < -0.4 is 5.32 Å². The minimum Gasteiger partial charge on any atom is -0.310 e. The Kier molecular flexibility index (Phi) is 3.97. The van der Waals surface area contributed by atoms with Crippen LogP contribution in [-0.4, -0.2) is 6.04 Å². The van der Waals surface area contributed by atoms with Crippen LogP contribution in [0, 0.1) is 0 Å². The van der Waals surface area contributed by atoms with Crippen LogP contribution in [0.15, 0.2) is 24.3 Å². The molecule has 0 heterocycles.